The molecule has 1 aliphatic rings. The zero-order chi connectivity index (χ0) is 7.78. The van der Waals surface area contributed by atoms with E-state index in [1.807, 2.05) is 0 Å². The Labute approximate surface area is 72.3 Å². The van der Waals surface area contributed by atoms with Crippen LogP contribution in [0.4, 0.5) is 0 Å². The standard InChI is InChI=1S/C5H6INO3/c1-5(2)3(8)7-4(9-5)10-6/h1-2H3. The summed E-state index contributed by atoms with van der Waals surface area (Å²) in [5, 5.41) is 0. The van der Waals surface area contributed by atoms with Gasteiger partial charge in [-0.2, -0.15) is 0 Å². The van der Waals surface area contributed by atoms with Gasteiger partial charge in [0.05, 0.1) is 0 Å². The van der Waals surface area contributed by atoms with E-state index in [4.69, 9.17) is 4.74 Å². The Bertz CT molecular complexity index is 199. The minimum Gasteiger partial charge on any atom is -0.434 e. The van der Waals surface area contributed by atoms with E-state index in [0.29, 0.717) is 0 Å². The number of halogens is 1. The number of carbonyl (C=O) groups is 1. The van der Waals surface area contributed by atoms with E-state index in [1.165, 1.54) is 0 Å². The van der Waals surface area contributed by atoms with Crippen molar-refractivity contribution in [2.24, 2.45) is 4.99 Å². The molecule has 0 saturated carbocycles. The summed E-state index contributed by atoms with van der Waals surface area (Å²) in [7, 11) is 0. The summed E-state index contributed by atoms with van der Waals surface area (Å²) in [6.07, 6.45) is 0.0376. The number of hydrogen-bond acceptors (Lipinski definition) is 3. The Morgan fingerprint density at radius 1 is 1.70 bits per heavy atom. The molecule has 1 aliphatic heterocycles. The number of carbonyl (C=O) groups excluding carboxylic acids is 1. The SMILES string of the molecule is CC1(C)OC(OI)=NC1=O. The highest BCUT2D eigenvalue weighted by Crippen LogP contribution is 2.19. The van der Waals surface area contributed by atoms with Crippen LogP contribution in [-0.2, 0) is 12.6 Å². The van der Waals surface area contributed by atoms with Crippen molar-refractivity contribution in [2.45, 2.75) is 19.4 Å². The lowest BCUT2D eigenvalue weighted by atomic mass is 10.1. The van der Waals surface area contributed by atoms with Crippen LogP contribution in [0.25, 0.3) is 0 Å². The number of ether oxygens (including phenoxy) is 1. The molecule has 0 N–H and O–H groups in total. The molecule has 1 rings (SSSR count). The lowest BCUT2D eigenvalue weighted by Gasteiger charge is -2.12. The van der Waals surface area contributed by atoms with Gasteiger partial charge < -0.3 is 7.80 Å². The van der Waals surface area contributed by atoms with Gasteiger partial charge >= 0.3 is 6.08 Å². The highest BCUT2D eigenvalue weighted by Gasteiger charge is 2.38. The summed E-state index contributed by atoms with van der Waals surface area (Å²) in [5.41, 5.74) is -0.847. The lowest BCUT2D eigenvalue weighted by molar-refractivity contribution is -0.128. The molecule has 4 nitrogen and oxygen atoms in total. The number of amides is 1. The summed E-state index contributed by atoms with van der Waals surface area (Å²) in [5.74, 6) is -0.306. The summed E-state index contributed by atoms with van der Waals surface area (Å²) in [6, 6.07) is 0. The predicted molar refractivity (Wildman–Crippen MR) is 42.7 cm³/mol. The third-order valence-corrected chi connectivity index (χ3v) is 1.49. The molecule has 0 aromatic rings. The van der Waals surface area contributed by atoms with Crippen LogP contribution in [0.3, 0.4) is 0 Å². The first kappa shape index (κ1) is 7.77. The normalized spacial score (nSPS) is 21.9. The number of hydrogen-bond donors (Lipinski definition) is 0. The van der Waals surface area contributed by atoms with Crippen molar-refractivity contribution in [3.63, 3.8) is 0 Å². The van der Waals surface area contributed by atoms with E-state index in [2.05, 4.69) is 8.06 Å². The Morgan fingerprint density at radius 2 is 2.30 bits per heavy atom. The molecule has 0 fully saturated rings. The molecule has 0 bridgehead atoms. The molecular weight excluding hydrogens is 249 g/mol. The summed E-state index contributed by atoms with van der Waals surface area (Å²) >= 11 is 1.61. The van der Waals surface area contributed by atoms with Crippen molar-refractivity contribution in [1.29, 1.82) is 0 Å². The van der Waals surface area contributed by atoms with Gasteiger partial charge in [0.25, 0.3) is 5.91 Å². The summed E-state index contributed by atoms with van der Waals surface area (Å²) in [4.78, 5) is 14.4. The van der Waals surface area contributed by atoms with Crippen molar-refractivity contribution in [3.05, 3.63) is 0 Å². The van der Waals surface area contributed by atoms with E-state index < -0.39 is 5.60 Å². The second-order valence-corrected chi connectivity index (χ2v) is 2.81. The molecule has 0 radical (unpaired) electrons. The number of rotatable bonds is 0. The Morgan fingerprint density at radius 3 is 2.50 bits per heavy atom. The minimum atomic E-state index is -0.847. The quantitative estimate of drug-likeness (QED) is 0.607. The van der Waals surface area contributed by atoms with E-state index in [1.54, 1.807) is 36.9 Å². The van der Waals surface area contributed by atoms with Crippen molar-refractivity contribution >= 4 is 35.0 Å². The summed E-state index contributed by atoms with van der Waals surface area (Å²) < 4.78 is 9.58. The van der Waals surface area contributed by atoms with Crippen LogP contribution >= 0.6 is 23.0 Å². The second kappa shape index (κ2) is 2.37. The maximum absolute atomic E-state index is 10.9. The molecule has 0 saturated heterocycles. The average Bonchev–Trinajstić information content (AvgIpc) is 2.08. The van der Waals surface area contributed by atoms with Crippen molar-refractivity contribution in [1.82, 2.24) is 0 Å². The van der Waals surface area contributed by atoms with Gasteiger partial charge in [0.2, 0.25) is 0 Å². The van der Waals surface area contributed by atoms with Crippen molar-refractivity contribution in [2.75, 3.05) is 0 Å². The van der Waals surface area contributed by atoms with Crippen LogP contribution in [0.5, 0.6) is 0 Å². The van der Waals surface area contributed by atoms with Gasteiger partial charge in [0, 0.05) is 0 Å². The van der Waals surface area contributed by atoms with Crippen LogP contribution < -0.4 is 0 Å². The minimum absolute atomic E-state index is 0.0376. The molecule has 5 heteroatoms. The molecular formula is C5H6INO3. The number of nitrogens with zero attached hydrogens (tertiary/aromatic N) is 1. The molecule has 0 aromatic heterocycles. The highest BCUT2D eigenvalue weighted by atomic mass is 127. The van der Waals surface area contributed by atoms with Gasteiger partial charge in [-0.25, -0.2) is 0 Å². The van der Waals surface area contributed by atoms with Crippen LogP contribution in [0.15, 0.2) is 4.99 Å². The van der Waals surface area contributed by atoms with E-state index >= 15 is 0 Å². The third-order valence-electron chi connectivity index (χ3n) is 1.12. The van der Waals surface area contributed by atoms with Gasteiger partial charge in [-0.15, -0.1) is 4.99 Å². The first-order chi connectivity index (χ1) is 4.56. The molecule has 1 amide bonds. The zero-order valence-electron chi connectivity index (χ0n) is 5.55. The average molecular weight is 255 g/mol. The molecule has 1 heterocycles. The first-order valence-electron chi connectivity index (χ1n) is 2.67. The maximum Gasteiger partial charge on any atom is 0.402 e. The van der Waals surface area contributed by atoms with Crippen molar-refractivity contribution in [3.8, 4) is 0 Å². The lowest BCUT2D eigenvalue weighted by Crippen LogP contribution is -2.28. The van der Waals surface area contributed by atoms with Crippen LogP contribution in [0, 0.1) is 0 Å². The van der Waals surface area contributed by atoms with Crippen LogP contribution in [0.2, 0.25) is 0 Å². The second-order valence-electron chi connectivity index (χ2n) is 2.37. The maximum atomic E-state index is 10.9. The first-order valence-corrected chi connectivity index (χ1v) is 3.55. The zero-order valence-corrected chi connectivity index (χ0v) is 7.71. The summed E-state index contributed by atoms with van der Waals surface area (Å²) in [6.45, 7) is 3.28. The predicted octanol–water partition coefficient (Wildman–Crippen LogP) is 1.04. The van der Waals surface area contributed by atoms with Gasteiger partial charge in [-0.3, -0.25) is 4.79 Å². The molecule has 56 valence electrons. The smallest absolute Gasteiger partial charge is 0.402 e. The fourth-order valence-electron chi connectivity index (χ4n) is 0.535. The van der Waals surface area contributed by atoms with Crippen LogP contribution in [0.1, 0.15) is 13.8 Å². The molecule has 0 unspecified atom stereocenters. The van der Waals surface area contributed by atoms with E-state index in [0.717, 1.165) is 0 Å². The van der Waals surface area contributed by atoms with E-state index in [9.17, 15) is 4.79 Å². The van der Waals surface area contributed by atoms with Crippen molar-refractivity contribution < 1.29 is 12.6 Å². The Hall–Kier alpha value is -0.330. The third kappa shape index (κ3) is 1.23. The highest BCUT2D eigenvalue weighted by molar-refractivity contribution is 14.1. The van der Waals surface area contributed by atoms with Gasteiger partial charge in [-0.05, 0) is 13.8 Å². The van der Waals surface area contributed by atoms with Crippen LogP contribution in [-0.4, -0.2) is 17.6 Å². The Balaban J connectivity index is 2.76. The molecule has 0 spiro atoms. The number of aliphatic imine (C=N–C) groups is 1. The Kier molecular flexibility index (Phi) is 1.84. The molecule has 10 heavy (non-hydrogen) atoms. The molecule has 0 aromatic carbocycles. The van der Waals surface area contributed by atoms with Gasteiger partial charge in [-0.1, -0.05) is 0 Å². The fourth-order valence-corrected chi connectivity index (χ4v) is 0.724. The fraction of sp³-hybridized carbons (Fsp3) is 0.600. The topological polar surface area (TPSA) is 47.9 Å². The van der Waals surface area contributed by atoms with Gasteiger partial charge in [0.15, 0.2) is 28.6 Å². The van der Waals surface area contributed by atoms with E-state index in [-0.39, 0.29) is 12.0 Å². The monoisotopic (exact) mass is 255 g/mol. The molecule has 0 aliphatic carbocycles. The van der Waals surface area contributed by atoms with Gasteiger partial charge in [0.1, 0.15) is 0 Å². The molecule has 0 atom stereocenters. The largest absolute Gasteiger partial charge is 0.434 e.